The molecule has 1 unspecified atom stereocenters. The van der Waals surface area contributed by atoms with E-state index in [1.807, 2.05) is 42.6 Å². The second-order valence-electron chi connectivity index (χ2n) is 4.43. The Hall–Kier alpha value is -0.840. The lowest BCUT2D eigenvalue weighted by molar-refractivity contribution is 0.0913. The minimum atomic E-state index is -0.575. The summed E-state index contributed by atoms with van der Waals surface area (Å²) < 4.78 is 0.935. The zero-order valence-corrected chi connectivity index (χ0v) is 13.5. The molecule has 1 aromatic carbocycles. The standard InChI is InChI=1S/C14H13BrClNOS/c1-14(9-16,11-5-3-2-4-6-11)17-13(18)10-7-12(15)19-8-10/h2-8H,9H2,1H3,(H,17,18). The minimum Gasteiger partial charge on any atom is -0.342 e. The first-order valence-corrected chi connectivity index (χ1v) is 7.94. The summed E-state index contributed by atoms with van der Waals surface area (Å²) in [5, 5.41) is 4.82. The molecule has 2 nitrogen and oxygen atoms in total. The summed E-state index contributed by atoms with van der Waals surface area (Å²) in [7, 11) is 0. The third kappa shape index (κ3) is 3.38. The van der Waals surface area contributed by atoms with Crippen molar-refractivity contribution in [2.45, 2.75) is 12.5 Å². The zero-order chi connectivity index (χ0) is 13.9. The highest BCUT2D eigenvalue weighted by Crippen LogP contribution is 2.25. The monoisotopic (exact) mass is 357 g/mol. The lowest BCUT2D eigenvalue weighted by atomic mass is 9.94. The van der Waals surface area contributed by atoms with Crippen LogP contribution < -0.4 is 5.32 Å². The third-order valence-corrected chi connectivity index (χ3v) is 4.94. The van der Waals surface area contributed by atoms with Crippen LogP contribution in [0.15, 0.2) is 45.6 Å². The summed E-state index contributed by atoms with van der Waals surface area (Å²) in [4.78, 5) is 12.2. The van der Waals surface area contributed by atoms with Crippen molar-refractivity contribution in [3.63, 3.8) is 0 Å². The molecule has 2 rings (SSSR count). The molecule has 0 spiro atoms. The number of nitrogens with one attached hydrogen (secondary N) is 1. The molecule has 2 aromatic rings. The lowest BCUT2D eigenvalue weighted by Gasteiger charge is -2.29. The van der Waals surface area contributed by atoms with Gasteiger partial charge in [0.2, 0.25) is 0 Å². The summed E-state index contributed by atoms with van der Waals surface area (Å²) in [5.74, 6) is 0.197. The number of rotatable bonds is 4. The van der Waals surface area contributed by atoms with E-state index in [0.717, 1.165) is 9.35 Å². The van der Waals surface area contributed by atoms with Gasteiger partial charge in [-0.2, -0.15) is 0 Å². The van der Waals surface area contributed by atoms with Gasteiger partial charge in [-0.05, 0) is 34.5 Å². The van der Waals surface area contributed by atoms with Gasteiger partial charge in [-0.3, -0.25) is 4.79 Å². The first-order chi connectivity index (χ1) is 9.05. The van der Waals surface area contributed by atoms with E-state index in [9.17, 15) is 4.79 Å². The second-order valence-corrected chi connectivity index (χ2v) is 6.98. The average Bonchev–Trinajstić information content (AvgIpc) is 2.86. The highest BCUT2D eigenvalue weighted by molar-refractivity contribution is 9.11. The number of benzene rings is 1. The molecule has 0 aliphatic heterocycles. The quantitative estimate of drug-likeness (QED) is 0.807. The van der Waals surface area contributed by atoms with Crippen molar-refractivity contribution < 1.29 is 4.79 Å². The number of amides is 1. The van der Waals surface area contributed by atoms with Gasteiger partial charge in [-0.25, -0.2) is 0 Å². The number of hydrogen-bond donors (Lipinski definition) is 1. The molecule has 1 aromatic heterocycles. The third-order valence-electron chi connectivity index (χ3n) is 2.90. The smallest absolute Gasteiger partial charge is 0.252 e. The summed E-state index contributed by atoms with van der Waals surface area (Å²) in [6, 6.07) is 11.6. The topological polar surface area (TPSA) is 29.1 Å². The normalized spacial score (nSPS) is 13.8. The average molecular weight is 359 g/mol. The first kappa shape index (κ1) is 14.6. The molecular formula is C14H13BrClNOS. The predicted octanol–water partition coefficient (Wildman–Crippen LogP) is 4.39. The van der Waals surface area contributed by atoms with Crippen LogP contribution in [0.25, 0.3) is 0 Å². The van der Waals surface area contributed by atoms with Gasteiger partial charge < -0.3 is 5.32 Å². The lowest BCUT2D eigenvalue weighted by Crippen LogP contribution is -2.44. The predicted molar refractivity (Wildman–Crippen MR) is 84.0 cm³/mol. The van der Waals surface area contributed by atoms with Gasteiger partial charge in [0, 0.05) is 11.3 Å². The number of carbonyl (C=O) groups is 1. The van der Waals surface area contributed by atoms with Crippen molar-refractivity contribution in [1.82, 2.24) is 5.32 Å². The van der Waals surface area contributed by atoms with Crippen LogP contribution in [0.5, 0.6) is 0 Å². The molecule has 0 aliphatic carbocycles. The number of halogens is 2. The Morgan fingerprint density at radius 2 is 2.11 bits per heavy atom. The molecule has 1 amide bonds. The fourth-order valence-electron chi connectivity index (χ4n) is 1.74. The molecule has 0 saturated carbocycles. The molecule has 1 heterocycles. The molecule has 0 aliphatic rings. The van der Waals surface area contributed by atoms with Crippen molar-refractivity contribution in [1.29, 1.82) is 0 Å². The molecule has 0 radical (unpaired) electrons. The van der Waals surface area contributed by atoms with E-state index in [0.29, 0.717) is 11.4 Å². The number of hydrogen-bond acceptors (Lipinski definition) is 2. The van der Waals surface area contributed by atoms with Crippen LogP contribution >= 0.6 is 38.9 Å². The highest BCUT2D eigenvalue weighted by atomic mass is 79.9. The van der Waals surface area contributed by atoms with Crippen molar-refractivity contribution >= 4 is 44.8 Å². The van der Waals surface area contributed by atoms with Gasteiger partial charge in [-0.1, -0.05) is 30.3 Å². The van der Waals surface area contributed by atoms with Gasteiger partial charge in [0.25, 0.3) is 5.91 Å². The fourth-order valence-corrected chi connectivity index (χ4v) is 3.10. The Kier molecular flexibility index (Phi) is 4.66. The van der Waals surface area contributed by atoms with E-state index < -0.39 is 5.54 Å². The highest BCUT2D eigenvalue weighted by Gasteiger charge is 2.28. The number of alkyl halides is 1. The maximum absolute atomic E-state index is 12.2. The van der Waals surface area contributed by atoms with Crippen molar-refractivity contribution in [3.8, 4) is 0 Å². The molecule has 0 bridgehead atoms. The number of carbonyl (C=O) groups excluding carboxylic acids is 1. The van der Waals surface area contributed by atoms with E-state index in [-0.39, 0.29) is 5.91 Å². The van der Waals surface area contributed by atoms with Crippen molar-refractivity contribution in [2.75, 3.05) is 5.88 Å². The van der Waals surface area contributed by atoms with Crippen LogP contribution in [0.3, 0.4) is 0 Å². The molecule has 1 atom stereocenters. The van der Waals surface area contributed by atoms with Crippen LogP contribution in [0, 0.1) is 0 Å². The first-order valence-electron chi connectivity index (χ1n) is 5.73. The zero-order valence-electron chi connectivity index (χ0n) is 10.3. The van der Waals surface area contributed by atoms with Crippen LogP contribution in [0.2, 0.25) is 0 Å². The van der Waals surface area contributed by atoms with Gasteiger partial charge in [0.1, 0.15) is 0 Å². The SMILES string of the molecule is CC(CCl)(NC(=O)c1csc(Br)c1)c1ccccc1. The molecular weight excluding hydrogens is 346 g/mol. The molecule has 19 heavy (non-hydrogen) atoms. The number of thiophene rings is 1. The summed E-state index contributed by atoms with van der Waals surface area (Å²) >= 11 is 10.9. The van der Waals surface area contributed by atoms with Gasteiger partial charge >= 0.3 is 0 Å². The Morgan fingerprint density at radius 3 is 2.63 bits per heavy atom. The van der Waals surface area contributed by atoms with Crippen molar-refractivity contribution in [2.24, 2.45) is 0 Å². The van der Waals surface area contributed by atoms with Gasteiger partial charge in [-0.15, -0.1) is 22.9 Å². The van der Waals surface area contributed by atoms with Crippen molar-refractivity contribution in [3.05, 3.63) is 56.7 Å². The van der Waals surface area contributed by atoms with Crippen LogP contribution in [0.4, 0.5) is 0 Å². The van der Waals surface area contributed by atoms with E-state index >= 15 is 0 Å². The van der Waals surface area contributed by atoms with E-state index in [4.69, 9.17) is 11.6 Å². The summed E-state index contributed by atoms with van der Waals surface area (Å²) in [6.07, 6.45) is 0. The molecule has 0 saturated heterocycles. The van der Waals surface area contributed by atoms with Crippen LogP contribution in [-0.2, 0) is 5.54 Å². The largest absolute Gasteiger partial charge is 0.342 e. The summed E-state index contributed by atoms with van der Waals surface area (Å²) in [5.41, 5.74) is 1.06. The second kappa shape index (κ2) is 6.07. The Labute approximate surface area is 129 Å². The molecule has 100 valence electrons. The van der Waals surface area contributed by atoms with Gasteiger partial charge in [0.05, 0.1) is 14.9 Å². The Bertz CT molecular complexity index is 572. The molecule has 1 N–H and O–H groups in total. The van der Waals surface area contributed by atoms with Crippen LogP contribution in [-0.4, -0.2) is 11.8 Å². The summed E-state index contributed by atoms with van der Waals surface area (Å²) in [6.45, 7) is 1.93. The molecule has 5 heteroatoms. The fraction of sp³-hybridized carbons (Fsp3) is 0.214. The van der Waals surface area contributed by atoms with Crippen LogP contribution in [0.1, 0.15) is 22.8 Å². The van der Waals surface area contributed by atoms with E-state index in [1.165, 1.54) is 11.3 Å². The van der Waals surface area contributed by atoms with E-state index in [1.54, 1.807) is 6.07 Å². The molecule has 0 fully saturated rings. The Morgan fingerprint density at radius 1 is 1.42 bits per heavy atom. The minimum absolute atomic E-state index is 0.117. The maximum atomic E-state index is 12.2. The maximum Gasteiger partial charge on any atom is 0.252 e. The van der Waals surface area contributed by atoms with Gasteiger partial charge in [0.15, 0.2) is 0 Å². The van der Waals surface area contributed by atoms with E-state index in [2.05, 4.69) is 21.2 Å². The Balaban J connectivity index is 2.22.